The number of benzene rings is 1. The number of halogens is 1. The number of nitrogens with two attached hydrogens (primary N) is 1. The van der Waals surface area contributed by atoms with E-state index in [-0.39, 0.29) is 5.82 Å². The van der Waals surface area contributed by atoms with Crippen molar-refractivity contribution in [2.45, 2.75) is 13.3 Å². The van der Waals surface area contributed by atoms with Crippen LogP contribution in [-0.4, -0.2) is 6.54 Å². The van der Waals surface area contributed by atoms with Crippen LogP contribution in [0.1, 0.15) is 13.3 Å². The molecule has 0 heterocycles. The Bertz CT molecular complexity index is 321. The Labute approximate surface area is 83.6 Å². The molecule has 0 unspecified atom stereocenters. The van der Waals surface area contributed by atoms with Crippen molar-refractivity contribution in [3.8, 4) is 0 Å². The van der Waals surface area contributed by atoms with Crippen molar-refractivity contribution in [1.82, 2.24) is 0 Å². The van der Waals surface area contributed by atoms with Crippen LogP contribution in [0.2, 0.25) is 0 Å². The first kappa shape index (κ1) is 10.6. The molecule has 0 aromatic heterocycles. The maximum Gasteiger partial charge on any atom is 0.125 e. The van der Waals surface area contributed by atoms with Gasteiger partial charge in [-0.15, -0.1) is 0 Å². The Morgan fingerprint density at radius 3 is 3.00 bits per heavy atom. The van der Waals surface area contributed by atoms with E-state index in [1.807, 2.05) is 19.1 Å². The summed E-state index contributed by atoms with van der Waals surface area (Å²) in [6.07, 6.45) is 4.94. The van der Waals surface area contributed by atoms with E-state index in [0.29, 0.717) is 11.4 Å². The summed E-state index contributed by atoms with van der Waals surface area (Å²) >= 11 is 0. The Morgan fingerprint density at radius 2 is 2.29 bits per heavy atom. The third kappa shape index (κ3) is 3.09. The Balaban J connectivity index is 2.53. The normalized spacial score (nSPS) is 10.7. The monoisotopic (exact) mass is 194 g/mol. The first-order chi connectivity index (χ1) is 6.74. The minimum absolute atomic E-state index is 0.271. The molecule has 1 rings (SSSR count). The summed E-state index contributed by atoms with van der Waals surface area (Å²) in [7, 11) is 0. The fourth-order valence-corrected chi connectivity index (χ4v) is 1.14. The lowest BCUT2D eigenvalue weighted by Gasteiger charge is -2.07. The van der Waals surface area contributed by atoms with Gasteiger partial charge in [0.15, 0.2) is 0 Å². The van der Waals surface area contributed by atoms with E-state index in [2.05, 4.69) is 5.32 Å². The molecule has 2 nitrogen and oxygen atoms in total. The summed E-state index contributed by atoms with van der Waals surface area (Å²) in [4.78, 5) is 0. The highest BCUT2D eigenvalue weighted by Crippen LogP contribution is 2.18. The van der Waals surface area contributed by atoms with Gasteiger partial charge in [-0.05, 0) is 31.5 Å². The minimum atomic E-state index is -0.271. The number of hydrogen-bond donors (Lipinski definition) is 2. The molecule has 0 bridgehead atoms. The molecule has 0 aliphatic carbocycles. The number of allylic oxidation sites excluding steroid dienone is 1. The van der Waals surface area contributed by atoms with Crippen molar-refractivity contribution in [3.05, 3.63) is 36.2 Å². The highest BCUT2D eigenvalue weighted by molar-refractivity contribution is 5.65. The second-order valence-corrected chi connectivity index (χ2v) is 3.02. The molecule has 0 aliphatic heterocycles. The molecule has 1 aromatic rings. The number of hydrogen-bond acceptors (Lipinski definition) is 2. The van der Waals surface area contributed by atoms with Crippen LogP contribution in [0, 0.1) is 5.82 Å². The van der Waals surface area contributed by atoms with E-state index in [1.165, 1.54) is 12.1 Å². The summed E-state index contributed by atoms with van der Waals surface area (Å²) < 4.78 is 12.8. The average molecular weight is 194 g/mol. The molecular formula is C11H15FN2. The number of anilines is 2. The van der Waals surface area contributed by atoms with E-state index in [4.69, 9.17) is 5.73 Å². The molecule has 0 spiro atoms. The van der Waals surface area contributed by atoms with Gasteiger partial charge in [-0.2, -0.15) is 0 Å². The van der Waals surface area contributed by atoms with E-state index >= 15 is 0 Å². The molecule has 0 saturated heterocycles. The van der Waals surface area contributed by atoms with Crippen molar-refractivity contribution in [2.75, 3.05) is 17.6 Å². The lowest BCUT2D eigenvalue weighted by Crippen LogP contribution is -2.03. The third-order valence-corrected chi connectivity index (χ3v) is 1.88. The fraction of sp³-hybridized carbons (Fsp3) is 0.273. The van der Waals surface area contributed by atoms with Gasteiger partial charge in [0.2, 0.25) is 0 Å². The van der Waals surface area contributed by atoms with Crippen molar-refractivity contribution >= 4 is 11.4 Å². The SMILES string of the molecule is C/C=C/CCNc1cc(F)ccc1N. The molecule has 3 heteroatoms. The van der Waals surface area contributed by atoms with Crippen LogP contribution < -0.4 is 11.1 Å². The van der Waals surface area contributed by atoms with Crippen molar-refractivity contribution in [1.29, 1.82) is 0 Å². The summed E-state index contributed by atoms with van der Waals surface area (Å²) in [5.74, 6) is -0.271. The molecule has 0 fully saturated rings. The topological polar surface area (TPSA) is 38.0 Å². The lowest BCUT2D eigenvalue weighted by molar-refractivity contribution is 0.628. The smallest absolute Gasteiger partial charge is 0.125 e. The molecule has 76 valence electrons. The lowest BCUT2D eigenvalue weighted by atomic mass is 10.2. The number of rotatable bonds is 4. The summed E-state index contributed by atoms with van der Waals surface area (Å²) in [6.45, 7) is 2.73. The van der Waals surface area contributed by atoms with Gasteiger partial charge < -0.3 is 11.1 Å². The molecule has 0 radical (unpaired) electrons. The summed E-state index contributed by atoms with van der Waals surface area (Å²) in [6, 6.07) is 4.32. The van der Waals surface area contributed by atoms with Crippen LogP contribution >= 0.6 is 0 Å². The van der Waals surface area contributed by atoms with Gasteiger partial charge >= 0.3 is 0 Å². The van der Waals surface area contributed by atoms with E-state index in [1.54, 1.807) is 6.07 Å². The van der Waals surface area contributed by atoms with Crippen LogP contribution in [0.3, 0.4) is 0 Å². The zero-order valence-electron chi connectivity index (χ0n) is 8.26. The molecule has 0 atom stereocenters. The van der Waals surface area contributed by atoms with Crippen LogP contribution in [-0.2, 0) is 0 Å². The van der Waals surface area contributed by atoms with Gasteiger partial charge in [0.25, 0.3) is 0 Å². The standard InChI is InChI=1S/C11H15FN2/c1-2-3-4-7-14-11-8-9(12)5-6-10(11)13/h2-3,5-6,8,14H,4,7,13H2,1H3/b3-2+. The Kier molecular flexibility index (Phi) is 3.98. The quantitative estimate of drug-likeness (QED) is 0.439. The predicted octanol–water partition coefficient (Wildman–Crippen LogP) is 2.79. The maximum absolute atomic E-state index is 12.8. The first-order valence-corrected chi connectivity index (χ1v) is 4.64. The highest BCUT2D eigenvalue weighted by atomic mass is 19.1. The zero-order valence-corrected chi connectivity index (χ0v) is 8.26. The highest BCUT2D eigenvalue weighted by Gasteiger charge is 1.98. The van der Waals surface area contributed by atoms with Gasteiger partial charge in [0.1, 0.15) is 5.82 Å². The zero-order chi connectivity index (χ0) is 10.4. The van der Waals surface area contributed by atoms with E-state index in [0.717, 1.165) is 13.0 Å². The van der Waals surface area contributed by atoms with Crippen LogP contribution in [0.25, 0.3) is 0 Å². The van der Waals surface area contributed by atoms with Crippen LogP contribution in [0.4, 0.5) is 15.8 Å². The molecule has 0 saturated carbocycles. The van der Waals surface area contributed by atoms with Crippen molar-refractivity contribution in [3.63, 3.8) is 0 Å². The van der Waals surface area contributed by atoms with Crippen LogP contribution in [0.15, 0.2) is 30.4 Å². The predicted molar refractivity (Wildman–Crippen MR) is 58.7 cm³/mol. The number of nitrogens with one attached hydrogen (secondary N) is 1. The van der Waals surface area contributed by atoms with Crippen LogP contribution in [0.5, 0.6) is 0 Å². The maximum atomic E-state index is 12.8. The first-order valence-electron chi connectivity index (χ1n) is 4.64. The van der Waals surface area contributed by atoms with Gasteiger partial charge in [-0.3, -0.25) is 0 Å². The summed E-state index contributed by atoms with van der Waals surface area (Å²) in [5, 5.41) is 3.07. The molecule has 1 aromatic carbocycles. The Hall–Kier alpha value is -1.51. The third-order valence-electron chi connectivity index (χ3n) is 1.88. The number of nitrogen functional groups attached to an aromatic ring is 1. The summed E-state index contributed by atoms with van der Waals surface area (Å²) in [5.41, 5.74) is 6.89. The van der Waals surface area contributed by atoms with Crippen molar-refractivity contribution < 1.29 is 4.39 Å². The molecule has 14 heavy (non-hydrogen) atoms. The van der Waals surface area contributed by atoms with E-state index < -0.39 is 0 Å². The fourth-order valence-electron chi connectivity index (χ4n) is 1.14. The molecule has 3 N–H and O–H groups in total. The van der Waals surface area contributed by atoms with Gasteiger partial charge in [-0.25, -0.2) is 4.39 Å². The molecule has 0 amide bonds. The minimum Gasteiger partial charge on any atom is -0.397 e. The van der Waals surface area contributed by atoms with Crippen molar-refractivity contribution in [2.24, 2.45) is 0 Å². The largest absolute Gasteiger partial charge is 0.397 e. The second kappa shape index (κ2) is 5.27. The van der Waals surface area contributed by atoms with Gasteiger partial charge in [-0.1, -0.05) is 12.2 Å². The van der Waals surface area contributed by atoms with Gasteiger partial charge in [0, 0.05) is 6.54 Å². The second-order valence-electron chi connectivity index (χ2n) is 3.02. The molecule has 0 aliphatic rings. The average Bonchev–Trinajstić information content (AvgIpc) is 2.18. The molecular weight excluding hydrogens is 179 g/mol. The van der Waals surface area contributed by atoms with Gasteiger partial charge in [0.05, 0.1) is 11.4 Å². The van der Waals surface area contributed by atoms with E-state index in [9.17, 15) is 4.39 Å². The Morgan fingerprint density at radius 1 is 1.50 bits per heavy atom.